The molecule has 0 unspecified atom stereocenters. The fourth-order valence-corrected chi connectivity index (χ4v) is 3.81. The van der Waals surface area contributed by atoms with Crippen molar-refractivity contribution in [1.29, 1.82) is 0 Å². The van der Waals surface area contributed by atoms with Gasteiger partial charge in [0.05, 0.1) is 12.7 Å². The van der Waals surface area contributed by atoms with Crippen LogP contribution in [0.4, 0.5) is 0 Å². The molecule has 3 heterocycles. The van der Waals surface area contributed by atoms with Crippen molar-refractivity contribution in [2.75, 3.05) is 13.1 Å². The van der Waals surface area contributed by atoms with Gasteiger partial charge in [-0.2, -0.15) is 4.98 Å². The predicted molar refractivity (Wildman–Crippen MR) is 86.1 cm³/mol. The number of benzene rings is 1. The lowest BCUT2D eigenvalue weighted by Gasteiger charge is -2.36. The van der Waals surface area contributed by atoms with Gasteiger partial charge in [0.2, 0.25) is 11.7 Å². The maximum Gasteiger partial charge on any atom is 0.230 e. The lowest BCUT2D eigenvalue weighted by molar-refractivity contribution is 0.152. The number of fused-ring (bicyclic) bond motifs is 1. The third kappa shape index (κ3) is 2.32. The summed E-state index contributed by atoms with van der Waals surface area (Å²) in [5.41, 5.74) is 1.83. The molecule has 1 saturated heterocycles. The van der Waals surface area contributed by atoms with Gasteiger partial charge in [-0.25, -0.2) is 4.68 Å². The smallest absolute Gasteiger partial charge is 0.230 e. The number of nitrogens with zero attached hydrogens (tertiary/aromatic N) is 5. The molecule has 1 aliphatic carbocycles. The Morgan fingerprint density at radius 1 is 1.21 bits per heavy atom. The average molecular weight is 322 g/mol. The van der Waals surface area contributed by atoms with E-state index >= 15 is 0 Å². The van der Waals surface area contributed by atoms with Crippen LogP contribution in [-0.2, 0) is 6.54 Å². The third-order valence-corrected chi connectivity index (χ3v) is 5.18. The highest BCUT2D eigenvalue weighted by atomic mass is 16.5. The Balaban J connectivity index is 1.32. The average Bonchev–Trinajstić information content (AvgIpc) is 3.30. The second-order valence-electron chi connectivity index (χ2n) is 6.67. The van der Waals surface area contributed by atoms with Crippen LogP contribution >= 0.6 is 0 Å². The Hall–Kier alpha value is -2.54. The van der Waals surface area contributed by atoms with Gasteiger partial charge in [0.1, 0.15) is 0 Å². The van der Waals surface area contributed by atoms with Crippen LogP contribution in [0.3, 0.4) is 0 Å². The number of hydrogen-bond donors (Lipinski definition) is 1. The molecule has 2 aliphatic rings. The molecule has 0 bridgehead atoms. The van der Waals surface area contributed by atoms with Gasteiger partial charge in [-0.15, -0.1) is 5.10 Å². The van der Waals surface area contributed by atoms with Crippen LogP contribution < -0.4 is 5.32 Å². The van der Waals surface area contributed by atoms with E-state index in [0.29, 0.717) is 29.9 Å². The molecule has 3 atom stereocenters. The summed E-state index contributed by atoms with van der Waals surface area (Å²) in [4.78, 5) is 4.56. The van der Waals surface area contributed by atoms with Crippen LogP contribution in [0.5, 0.6) is 0 Å². The van der Waals surface area contributed by atoms with Crippen LogP contribution in [0, 0.1) is 11.8 Å². The predicted octanol–water partition coefficient (Wildman–Crippen LogP) is 1.70. The van der Waals surface area contributed by atoms with Crippen LogP contribution in [0.15, 0.2) is 41.1 Å². The largest absolute Gasteiger partial charge is 0.339 e. The standard InChI is InChI=1S/C17H18N6O/c1-2-4-11(5-3-1)9-23-10-15(20-22-23)16-19-17(24-21-16)13-6-12-7-18-8-14(12)13/h1-5,10,12-14,18H,6-9H2/t12-,13-,14+/m1/s1. The number of aromatic nitrogens is 5. The summed E-state index contributed by atoms with van der Waals surface area (Å²) in [6.07, 6.45) is 3.00. The lowest BCUT2D eigenvalue weighted by Crippen LogP contribution is -2.33. The van der Waals surface area contributed by atoms with Crippen LogP contribution in [-0.4, -0.2) is 38.2 Å². The fourth-order valence-electron chi connectivity index (χ4n) is 3.81. The molecule has 2 fully saturated rings. The van der Waals surface area contributed by atoms with E-state index in [1.54, 1.807) is 4.68 Å². The molecular weight excluding hydrogens is 304 g/mol. The summed E-state index contributed by atoms with van der Waals surface area (Å²) in [7, 11) is 0. The molecule has 1 N–H and O–H groups in total. The van der Waals surface area contributed by atoms with E-state index in [9.17, 15) is 0 Å². The first kappa shape index (κ1) is 13.9. The minimum Gasteiger partial charge on any atom is -0.339 e. The van der Waals surface area contributed by atoms with Crippen molar-refractivity contribution in [3.8, 4) is 11.5 Å². The highest BCUT2D eigenvalue weighted by Gasteiger charge is 2.47. The van der Waals surface area contributed by atoms with Crippen molar-refractivity contribution >= 4 is 0 Å². The number of hydrogen-bond acceptors (Lipinski definition) is 6. The van der Waals surface area contributed by atoms with Gasteiger partial charge in [-0.3, -0.25) is 0 Å². The summed E-state index contributed by atoms with van der Waals surface area (Å²) >= 11 is 0. The Morgan fingerprint density at radius 3 is 3.00 bits per heavy atom. The first-order valence-corrected chi connectivity index (χ1v) is 8.35. The van der Waals surface area contributed by atoms with Crippen molar-refractivity contribution in [3.05, 3.63) is 48.0 Å². The van der Waals surface area contributed by atoms with E-state index in [4.69, 9.17) is 4.52 Å². The first-order valence-electron chi connectivity index (χ1n) is 8.35. The summed E-state index contributed by atoms with van der Waals surface area (Å²) in [5, 5.41) is 15.9. The molecule has 24 heavy (non-hydrogen) atoms. The van der Waals surface area contributed by atoms with Gasteiger partial charge < -0.3 is 9.84 Å². The van der Waals surface area contributed by atoms with Crippen molar-refractivity contribution < 1.29 is 4.52 Å². The maximum atomic E-state index is 5.49. The highest BCUT2D eigenvalue weighted by Crippen LogP contribution is 2.48. The second kappa shape index (κ2) is 5.52. The van der Waals surface area contributed by atoms with E-state index in [0.717, 1.165) is 31.3 Å². The molecule has 0 radical (unpaired) electrons. The molecule has 0 amide bonds. The van der Waals surface area contributed by atoms with Crippen molar-refractivity contribution in [3.63, 3.8) is 0 Å². The molecule has 7 nitrogen and oxygen atoms in total. The zero-order chi connectivity index (χ0) is 15.9. The van der Waals surface area contributed by atoms with Crippen LogP contribution in [0.25, 0.3) is 11.5 Å². The molecule has 7 heteroatoms. The van der Waals surface area contributed by atoms with Gasteiger partial charge in [0.15, 0.2) is 5.69 Å². The molecule has 122 valence electrons. The quantitative estimate of drug-likeness (QED) is 0.787. The Kier molecular flexibility index (Phi) is 3.19. The van der Waals surface area contributed by atoms with Crippen LogP contribution in [0.2, 0.25) is 0 Å². The Bertz CT molecular complexity index is 842. The zero-order valence-electron chi connectivity index (χ0n) is 13.2. The second-order valence-corrected chi connectivity index (χ2v) is 6.67. The van der Waals surface area contributed by atoms with Gasteiger partial charge in [0.25, 0.3) is 0 Å². The van der Waals surface area contributed by atoms with Gasteiger partial charge in [0, 0.05) is 5.92 Å². The summed E-state index contributed by atoms with van der Waals surface area (Å²) < 4.78 is 7.29. The minimum atomic E-state index is 0.394. The number of nitrogens with one attached hydrogen (secondary N) is 1. The number of rotatable bonds is 4. The van der Waals surface area contributed by atoms with E-state index in [-0.39, 0.29) is 0 Å². The Morgan fingerprint density at radius 2 is 2.12 bits per heavy atom. The molecule has 0 spiro atoms. The Labute approximate surface area is 139 Å². The van der Waals surface area contributed by atoms with Crippen LogP contribution in [0.1, 0.15) is 23.8 Å². The van der Waals surface area contributed by atoms with Crippen molar-refractivity contribution in [2.45, 2.75) is 18.9 Å². The topological polar surface area (TPSA) is 81.7 Å². The summed E-state index contributed by atoms with van der Waals surface area (Å²) in [6, 6.07) is 10.2. The summed E-state index contributed by atoms with van der Waals surface area (Å²) in [6.45, 7) is 2.85. The fraction of sp³-hybridized carbons (Fsp3) is 0.412. The monoisotopic (exact) mass is 322 g/mol. The molecule has 1 saturated carbocycles. The molecule has 5 rings (SSSR count). The van der Waals surface area contributed by atoms with Gasteiger partial charge in [-0.05, 0) is 36.9 Å². The summed E-state index contributed by atoms with van der Waals surface area (Å²) in [5.74, 6) is 3.08. The first-order chi connectivity index (χ1) is 11.9. The van der Waals surface area contributed by atoms with Crippen molar-refractivity contribution in [2.24, 2.45) is 11.8 Å². The van der Waals surface area contributed by atoms with E-state index < -0.39 is 0 Å². The van der Waals surface area contributed by atoms with E-state index in [2.05, 4.69) is 37.9 Å². The SMILES string of the molecule is c1ccc(Cn2cc(-c3noc([C@@H]4C[C@@H]5CNC[C@@H]54)n3)nn2)cc1. The van der Waals surface area contributed by atoms with E-state index in [1.807, 2.05) is 24.4 Å². The van der Waals surface area contributed by atoms with Crippen molar-refractivity contribution in [1.82, 2.24) is 30.5 Å². The van der Waals surface area contributed by atoms with E-state index in [1.165, 1.54) is 5.56 Å². The minimum absolute atomic E-state index is 0.394. The molecule has 2 aromatic heterocycles. The highest BCUT2D eigenvalue weighted by molar-refractivity contribution is 5.45. The van der Waals surface area contributed by atoms with Gasteiger partial charge >= 0.3 is 0 Å². The van der Waals surface area contributed by atoms with Gasteiger partial charge in [-0.1, -0.05) is 40.7 Å². The molecule has 3 aromatic rings. The molecule has 1 aromatic carbocycles. The zero-order valence-corrected chi connectivity index (χ0v) is 13.2. The molecule has 1 aliphatic heterocycles. The lowest BCUT2D eigenvalue weighted by atomic mass is 9.66. The third-order valence-electron chi connectivity index (χ3n) is 5.18. The maximum absolute atomic E-state index is 5.49. The molecular formula is C17H18N6O. The normalized spacial score (nSPS) is 25.4.